The lowest BCUT2D eigenvalue weighted by atomic mass is 9.98. The van der Waals surface area contributed by atoms with E-state index in [0.29, 0.717) is 39.0 Å². The number of hydrogen-bond donors (Lipinski definition) is 0. The monoisotopic (exact) mass is 364 g/mol. The van der Waals surface area contributed by atoms with Gasteiger partial charge in [-0.05, 0) is 24.0 Å². The Kier molecular flexibility index (Phi) is 10.3. The SMILES string of the molecule is COCCOCCOCCC(CBr)c1ccccc1Cl. The minimum absolute atomic E-state index is 0.373. The third-order valence-corrected chi connectivity index (χ3v) is 4.07. The Morgan fingerprint density at radius 1 is 1.05 bits per heavy atom. The molecule has 0 N–H and O–H groups in total. The average Bonchev–Trinajstić information content (AvgIpc) is 2.47. The largest absolute Gasteiger partial charge is 0.382 e. The van der Waals surface area contributed by atoms with Gasteiger partial charge in [0, 0.05) is 24.1 Å². The smallest absolute Gasteiger partial charge is 0.0701 e. The molecule has 0 aliphatic carbocycles. The Balaban J connectivity index is 2.18. The van der Waals surface area contributed by atoms with E-state index in [4.69, 9.17) is 25.8 Å². The number of rotatable bonds is 11. The molecule has 5 heteroatoms. The van der Waals surface area contributed by atoms with Crippen molar-refractivity contribution in [3.8, 4) is 0 Å². The minimum Gasteiger partial charge on any atom is -0.382 e. The molecule has 0 bridgehead atoms. The molecular weight excluding hydrogens is 344 g/mol. The Morgan fingerprint density at radius 2 is 1.70 bits per heavy atom. The van der Waals surface area contributed by atoms with Gasteiger partial charge in [0.05, 0.1) is 26.4 Å². The normalized spacial score (nSPS) is 12.6. The van der Waals surface area contributed by atoms with Gasteiger partial charge >= 0.3 is 0 Å². The van der Waals surface area contributed by atoms with Gasteiger partial charge in [-0.25, -0.2) is 0 Å². The lowest BCUT2D eigenvalue weighted by Crippen LogP contribution is -2.11. The van der Waals surface area contributed by atoms with E-state index in [1.807, 2.05) is 18.2 Å². The van der Waals surface area contributed by atoms with Crippen LogP contribution in [0.2, 0.25) is 5.02 Å². The van der Waals surface area contributed by atoms with Crippen LogP contribution in [0, 0.1) is 0 Å². The molecule has 0 saturated carbocycles. The van der Waals surface area contributed by atoms with Crippen molar-refractivity contribution < 1.29 is 14.2 Å². The third kappa shape index (κ3) is 7.04. The lowest BCUT2D eigenvalue weighted by Gasteiger charge is -2.16. The van der Waals surface area contributed by atoms with Crippen molar-refractivity contribution in [1.29, 1.82) is 0 Å². The summed E-state index contributed by atoms with van der Waals surface area (Å²) in [6, 6.07) is 7.96. The summed E-state index contributed by atoms with van der Waals surface area (Å²) in [5.74, 6) is 0.373. The maximum absolute atomic E-state index is 6.22. The zero-order chi connectivity index (χ0) is 14.6. The minimum atomic E-state index is 0.373. The van der Waals surface area contributed by atoms with Crippen LogP contribution in [0.3, 0.4) is 0 Å². The molecule has 114 valence electrons. The quantitative estimate of drug-likeness (QED) is 0.440. The van der Waals surface area contributed by atoms with E-state index in [1.54, 1.807) is 7.11 Å². The highest BCUT2D eigenvalue weighted by Crippen LogP contribution is 2.28. The van der Waals surface area contributed by atoms with Gasteiger partial charge in [-0.3, -0.25) is 0 Å². The number of halogens is 2. The van der Waals surface area contributed by atoms with Gasteiger partial charge in [0.1, 0.15) is 0 Å². The second-order valence-corrected chi connectivity index (χ2v) is 5.43. The van der Waals surface area contributed by atoms with Gasteiger partial charge in [0.2, 0.25) is 0 Å². The van der Waals surface area contributed by atoms with Gasteiger partial charge in [-0.2, -0.15) is 0 Å². The molecule has 20 heavy (non-hydrogen) atoms. The average molecular weight is 366 g/mol. The van der Waals surface area contributed by atoms with E-state index in [9.17, 15) is 0 Å². The summed E-state index contributed by atoms with van der Waals surface area (Å²) < 4.78 is 15.8. The molecule has 3 nitrogen and oxygen atoms in total. The van der Waals surface area contributed by atoms with Crippen LogP contribution in [-0.2, 0) is 14.2 Å². The fourth-order valence-electron chi connectivity index (χ4n) is 1.81. The fraction of sp³-hybridized carbons (Fsp3) is 0.600. The topological polar surface area (TPSA) is 27.7 Å². The van der Waals surface area contributed by atoms with Crippen LogP contribution in [0.4, 0.5) is 0 Å². The maximum Gasteiger partial charge on any atom is 0.0701 e. The van der Waals surface area contributed by atoms with Crippen molar-refractivity contribution in [3.05, 3.63) is 34.9 Å². The first kappa shape index (κ1) is 17.9. The van der Waals surface area contributed by atoms with Crippen LogP contribution in [0.1, 0.15) is 17.9 Å². The van der Waals surface area contributed by atoms with Gasteiger partial charge in [-0.15, -0.1) is 0 Å². The molecule has 0 saturated heterocycles. The van der Waals surface area contributed by atoms with Crippen LogP contribution in [0.5, 0.6) is 0 Å². The summed E-state index contributed by atoms with van der Waals surface area (Å²) in [4.78, 5) is 0. The number of benzene rings is 1. The zero-order valence-electron chi connectivity index (χ0n) is 11.8. The van der Waals surface area contributed by atoms with Crippen molar-refractivity contribution in [3.63, 3.8) is 0 Å². The van der Waals surface area contributed by atoms with E-state index in [1.165, 1.54) is 5.56 Å². The van der Waals surface area contributed by atoms with E-state index >= 15 is 0 Å². The van der Waals surface area contributed by atoms with Crippen LogP contribution >= 0.6 is 27.5 Å². The Bertz CT molecular complexity index is 363. The molecule has 1 rings (SSSR count). The molecular formula is C15H22BrClO3. The molecule has 1 atom stereocenters. The molecule has 0 aliphatic heterocycles. The predicted octanol–water partition coefficient (Wildman–Crippen LogP) is 3.89. The van der Waals surface area contributed by atoms with Crippen molar-refractivity contribution in [2.45, 2.75) is 12.3 Å². The number of methoxy groups -OCH3 is 1. The lowest BCUT2D eigenvalue weighted by molar-refractivity contribution is 0.0236. The Morgan fingerprint density at radius 3 is 2.35 bits per heavy atom. The van der Waals surface area contributed by atoms with Crippen molar-refractivity contribution >= 4 is 27.5 Å². The Hall–Kier alpha value is -0.130. The summed E-state index contributed by atoms with van der Waals surface area (Å²) in [7, 11) is 1.66. The first-order valence-corrected chi connectivity index (χ1v) is 8.24. The van der Waals surface area contributed by atoms with Crippen LogP contribution < -0.4 is 0 Å². The number of ether oxygens (including phenoxy) is 3. The number of alkyl halides is 1. The van der Waals surface area contributed by atoms with E-state index in [2.05, 4.69) is 22.0 Å². The molecule has 1 aromatic rings. The zero-order valence-corrected chi connectivity index (χ0v) is 14.2. The van der Waals surface area contributed by atoms with Crippen molar-refractivity contribution in [2.24, 2.45) is 0 Å². The molecule has 0 radical (unpaired) electrons. The van der Waals surface area contributed by atoms with Gasteiger partial charge < -0.3 is 14.2 Å². The number of hydrogen-bond acceptors (Lipinski definition) is 3. The standard InChI is InChI=1S/C15H22BrClO3/c1-18-8-9-20-11-10-19-7-6-13(12-16)14-4-2-3-5-15(14)17/h2-5,13H,6-12H2,1H3. The van der Waals surface area contributed by atoms with Crippen LogP contribution in [0.15, 0.2) is 24.3 Å². The molecule has 0 aromatic heterocycles. The van der Waals surface area contributed by atoms with Crippen LogP contribution in [0.25, 0.3) is 0 Å². The predicted molar refractivity (Wildman–Crippen MR) is 86.1 cm³/mol. The highest BCUT2D eigenvalue weighted by molar-refractivity contribution is 9.09. The van der Waals surface area contributed by atoms with E-state index in [0.717, 1.165) is 16.8 Å². The molecule has 0 aliphatic rings. The van der Waals surface area contributed by atoms with Gasteiger partial charge in [-0.1, -0.05) is 45.7 Å². The van der Waals surface area contributed by atoms with Crippen LogP contribution in [-0.4, -0.2) is 45.5 Å². The van der Waals surface area contributed by atoms with E-state index in [-0.39, 0.29) is 0 Å². The highest BCUT2D eigenvalue weighted by atomic mass is 79.9. The van der Waals surface area contributed by atoms with Crippen molar-refractivity contribution in [2.75, 3.05) is 45.5 Å². The first-order chi connectivity index (χ1) is 9.79. The second kappa shape index (κ2) is 11.5. The maximum atomic E-state index is 6.22. The summed E-state index contributed by atoms with van der Waals surface area (Å²) in [6.07, 6.45) is 0.938. The molecule has 0 fully saturated rings. The summed E-state index contributed by atoms with van der Waals surface area (Å²) >= 11 is 9.76. The molecule has 1 unspecified atom stereocenters. The summed E-state index contributed by atoms with van der Waals surface area (Å²) in [5, 5.41) is 1.70. The third-order valence-electron chi connectivity index (χ3n) is 2.95. The second-order valence-electron chi connectivity index (χ2n) is 4.38. The highest BCUT2D eigenvalue weighted by Gasteiger charge is 2.12. The summed E-state index contributed by atoms with van der Waals surface area (Å²) in [5.41, 5.74) is 1.17. The molecule has 0 heterocycles. The molecule has 1 aromatic carbocycles. The van der Waals surface area contributed by atoms with E-state index < -0.39 is 0 Å². The van der Waals surface area contributed by atoms with Gasteiger partial charge in [0.15, 0.2) is 0 Å². The molecule has 0 spiro atoms. The fourth-order valence-corrected chi connectivity index (χ4v) is 2.77. The van der Waals surface area contributed by atoms with Crippen molar-refractivity contribution in [1.82, 2.24) is 0 Å². The summed E-state index contributed by atoms with van der Waals surface area (Å²) in [6.45, 7) is 3.16. The first-order valence-electron chi connectivity index (χ1n) is 6.74. The van der Waals surface area contributed by atoms with Gasteiger partial charge in [0.25, 0.3) is 0 Å². The Labute approximate surface area is 134 Å². The molecule has 0 amide bonds.